The van der Waals surface area contributed by atoms with Crippen LogP contribution < -0.4 is 0 Å². The van der Waals surface area contributed by atoms with Gasteiger partial charge < -0.3 is 9.47 Å². The number of hydrogen-bond donors (Lipinski definition) is 0. The average Bonchev–Trinajstić information content (AvgIpc) is 2.73. The molecular formula is C17H24O3. The summed E-state index contributed by atoms with van der Waals surface area (Å²) in [5.74, 6) is 0. The molecule has 20 heavy (non-hydrogen) atoms. The fourth-order valence-corrected chi connectivity index (χ4v) is 2.88. The van der Waals surface area contributed by atoms with Crippen LogP contribution in [0.25, 0.3) is 0 Å². The van der Waals surface area contributed by atoms with Crippen LogP contribution in [0.15, 0.2) is 34.9 Å². The summed E-state index contributed by atoms with van der Waals surface area (Å²) in [6, 6.07) is 0. The SMILES string of the molecule is CC(C=CC1=C(C2COCCO2)CCC1(C)C)=CC=O. The maximum Gasteiger partial charge on any atom is 0.143 e. The maximum absolute atomic E-state index is 10.5. The minimum atomic E-state index is 0.0977. The Morgan fingerprint density at radius 2 is 2.15 bits per heavy atom. The van der Waals surface area contributed by atoms with E-state index in [-0.39, 0.29) is 11.5 Å². The van der Waals surface area contributed by atoms with Gasteiger partial charge in [-0.05, 0) is 48.0 Å². The number of hydrogen-bond acceptors (Lipinski definition) is 3. The van der Waals surface area contributed by atoms with E-state index in [1.54, 1.807) is 6.08 Å². The van der Waals surface area contributed by atoms with Gasteiger partial charge in [0.15, 0.2) is 0 Å². The molecule has 2 aliphatic rings. The third-order valence-electron chi connectivity index (χ3n) is 4.14. The highest BCUT2D eigenvalue weighted by Crippen LogP contribution is 2.45. The van der Waals surface area contributed by atoms with Gasteiger partial charge in [0.1, 0.15) is 12.4 Å². The van der Waals surface area contributed by atoms with Crippen LogP contribution in [-0.4, -0.2) is 32.2 Å². The van der Waals surface area contributed by atoms with Crippen molar-refractivity contribution in [2.75, 3.05) is 19.8 Å². The topological polar surface area (TPSA) is 35.5 Å². The van der Waals surface area contributed by atoms with Crippen LogP contribution in [0.4, 0.5) is 0 Å². The third-order valence-corrected chi connectivity index (χ3v) is 4.14. The molecule has 3 nitrogen and oxygen atoms in total. The first kappa shape index (κ1) is 15.2. The summed E-state index contributed by atoms with van der Waals surface area (Å²) in [6.45, 7) is 8.50. The molecule has 0 N–H and O–H groups in total. The second kappa shape index (κ2) is 6.51. The molecule has 0 saturated carbocycles. The van der Waals surface area contributed by atoms with Crippen molar-refractivity contribution in [3.63, 3.8) is 0 Å². The smallest absolute Gasteiger partial charge is 0.143 e. The molecule has 0 aromatic rings. The molecular weight excluding hydrogens is 252 g/mol. The van der Waals surface area contributed by atoms with Gasteiger partial charge in [0.05, 0.1) is 19.8 Å². The van der Waals surface area contributed by atoms with Crippen LogP contribution in [0.5, 0.6) is 0 Å². The van der Waals surface area contributed by atoms with Gasteiger partial charge in [0, 0.05) is 0 Å². The van der Waals surface area contributed by atoms with E-state index in [0.717, 1.165) is 24.7 Å². The fourth-order valence-electron chi connectivity index (χ4n) is 2.88. The lowest BCUT2D eigenvalue weighted by Crippen LogP contribution is -2.30. The molecule has 0 aromatic carbocycles. The number of carbonyl (C=O) groups excluding carboxylic acids is 1. The van der Waals surface area contributed by atoms with Gasteiger partial charge in [-0.25, -0.2) is 0 Å². The van der Waals surface area contributed by atoms with Crippen molar-refractivity contribution in [2.45, 2.75) is 39.7 Å². The normalized spacial score (nSPS) is 27.4. The first-order valence-electron chi connectivity index (χ1n) is 7.27. The second-order valence-electron chi connectivity index (χ2n) is 6.14. The van der Waals surface area contributed by atoms with Crippen LogP contribution >= 0.6 is 0 Å². The van der Waals surface area contributed by atoms with Crippen LogP contribution in [0.2, 0.25) is 0 Å². The summed E-state index contributed by atoms with van der Waals surface area (Å²) in [4.78, 5) is 10.5. The van der Waals surface area contributed by atoms with Gasteiger partial charge in [0.2, 0.25) is 0 Å². The van der Waals surface area contributed by atoms with Crippen LogP contribution in [0.3, 0.4) is 0 Å². The van der Waals surface area contributed by atoms with E-state index in [1.807, 2.05) is 13.0 Å². The molecule has 1 heterocycles. The Morgan fingerprint density at radius 3 is 2.80 bits per heavy atom. The van der Waals surface area contributed by atoms with Gasteiger partial charge in [-0.2, -0.15) is 0 Å². The molecule has 0 amide bonds. The quantitative estimate of drug-likeness (QED) is 0.449. The van der Waals surface area contributed by atoms with Crippen molar-refractivity contribution < 1.29 is 14.3 Å². The van der Waals surface area contributed by atoms with Gasteiger partial charge in [-0.15, -0.1) is 0 Å². The molecule has 3 heteroatoms. The summed E-state index contributed by atoms with van der Waals surface area (Å²) < 4.78 is 11.4. The Labute approximate surface area is 121 Å². The van der Waals surface area contributed by atoms with Crippen LogP contribution in [0.1, 0.15) is 33.6 Å². The standard InChI is InChI=1S/C17H24O3/c1-13(7-9-18)4-5-15-14(6-8-17(15,2)3)16-12-19-10-11-20-16/h4-5,7,9,16H,6,8,10-12H2,1-3H3. The molecule has 1 fully saturated rings. The van der Waals surface area contributed by atoms with Crippen LogP contribution in [-0.2, 0) is 14.3 Å². The maximum atomic E-state index is 10.5. The summed E-state index contributed by atoms with van der Waals surface area (Å²) >= 11 is 0. The van der Waals surface area contributed by atoms with Crippen molar-refractivity contribution >= 4 is 6.29 Å². The van der Waals surface area contributed by atoms with E-state index in [2.05, 4.69) is 19.9 Å². The number of ether oxygens (including phenoxy) is 2. The highest BCUT2D eigenvalue weighted by Gasteiger charge is 2.35. The Hall–Kier alpha value is -1.19. The Bertz CT molecular complexity index is 449. The van der Waals surface area contributed by atoms with E-state index in [4.69, 9.17) is 9.47 Å². The first-order chi connectivity index (χ1) is 9.54. The summed E-state index contributed by atoms with van der Waals surface area (Å²) in [5, 5.41) is 0. The summed E-state index contributed by atoms with van der Waals surface area (Å²) in [7, 11) is 0. The Morgan fingerprint density at radius 1 is 1.35 bits per heavy atom. The number of aldehydes is 1. The zero-order chi connectivity index (χ0) is 14.6. The molecule has 2 rings (SSSR count). The summed E-state index contributed by atoms with van der Waals surface area (Å²) in [5.41, 5.74) is 3.83. The molecule has 1 unspecified atom stereocenters. The van der Waals surface area contributed by atoms with Gasteiger partial charge >= 0.3 is 0 Å². The van der Waals surface area contributed by atoms with Crippen molar-refractivity contribution in [1.29, 1.82) is 0 Å². The molecule has 0 aromatic heterocycles. The van der Waals surface area contributed by atoms with Crippen molar-refractivity contribution in [2.24, 2.45) is 5.41 Å². The zero-order valence-electron chi connectivity index (χ0n) is 12.6. The number of allylic oxidation sites excluding steroid dienone is 5. The van der Waals surface area contributed by atoms with E-state index < -0.39 is 0 Å². The Balaban J connectivity index is 2.25. The third kappa shape index (κ3) is 3.47. The highest BCUT2D eigenvalue weighted by molar-refractivity contribution is 5.67. The molecule has 110 valence electrons. The lowest BCUT2D eigenvalue weighted by molar-refractivity contribution is -0.104. The van der Waals surface area contributed by atoms with E-state index in [0.29, 0.717) is 19.8 Å². The fraction of sp³-hybridized carbons (Fsp3) is 0.588. The summed E-state index contributed by atoms with van der Waals surface area (Å²) in [6.07, 6.45) is 8.87. The zero-order valence-corrected chi connectivity index (χ0v) is 12.6. The number of rotatable bonds is 4. The predicted molar refractivity (Wildman–Crippen MR) is 79.6 cm³/mol. The highest BCUT2D eigenvalue weighted by atomic mass is 16.6. The van der Waals surface area contributed by atoms with E-state index in [1.165, 1.54) is 11.1 Å². The molecule has 1 saturated heterocycles. The monoisotopic (exact) mass is 276 g/mol. The second-order valence-corrected chi connectivity index (χ2v) is 6.14. The van der Waals surface area contributed by atoms with Crippen molar-refractivity contribution in [1.82, 2.24) is 0 Å². The van der Waals surface area contributed by atoms with Crippen LogP contribution in [0, 0.1) is 5.41 Å². The lowest BCUT2D eigenvalue weighted by atomic mass is 9.84. The van der Waals surface area contributed by atoms with E-state index >= 15 is 0 Å². The lowest BCUT2D eigenvalue weighted by Gasteiger charge is -2.26. The minimum absolute atomic E-state index is 0.0977. The van der Waals surface area contributed by atoms with E-state index in [9.17, 15) is 4.79 Å². The molecule has 1 atom stereocenters. The van der Waals surface area contributed by atoms with Gasteiger partial charge in [-0.1, -0.05) is 26.0 Å². The Kier molecular flexibility index (Phi) is 4.95. The molecule has 1 aliphatic carbocycles. The molecule has 0 bridgehead atoms. The van der Waals surface area contributed by atoms with Gasteiger partial charge in [-0.3, -0.25) is 4.79 Å². The predicted octanol–water partition coefficient (Wildman–Crippen LogP) is 3.22. The van der Waals surface area contributed by atoms with Crippen molar-refractivity contribution in [3.05, 3.63) is 34.9 Å². The van der Waals surface area contributed by atoms with Crippen molar-refractivity contribution in [3.8, 4) is 0 Å². The first-order valence-corrected chi connectivity index (χ1v) is 7.27. The molecule has 0 spiro atoms. The van der Waals surface area contributed by atoms with Gasteiger partial charge in [0.25, 0.3) is 0 Å². The average molecular weight is 276 g/mol. The number of carbonyl (C=O) groups is 1. The molecule has 1 aliphatic heterocycles. The minimum Gasteiger partial charge on any atom is -0.376 e. The molecule has 0 radical (unpaired) electrons. The largest absolute Gasteiger partial charge is 0.376 e.